The van der Waals surface area contributed by atoms with Crippen LogP contribution in [0.15, 0.2) is 35.9 Å². The molecule has 5 atom stereocenters. The molecule has 2 saturated carbocycles. The number of amides is 1. The summed E-state index contributed by atoms with van der Waals surface area (Å²) >= 11 is 0. The number of nitrogens with two attached hydrogens (primary N) is 1. The summed E-state index contributed by atoms with van der Waals surface area (Å²) in [7, 11) is 1.56. The normalized spacial score (nSPS) is 29.5. The Labute approximate surface area is 242 Å². The second kappa shape index (κ2) is 10.5. The summed E-state index contributed by atoms with van der Waals surface area (Å²) in [4.78, 5) is 41.2. The number of ether oxygens (including phenoxy) is 2. The number of carbonyl (C=O) groups excluding carboxylic acids is 3. The number of primary amides is 1. The molecule has 11 nitrogen and oxygen atoms in total. The van der Waals surface area contributed by atoms with Crippen LogP contribution < -0.4 is 10.5 Å². The molecule has 1 aliphatic heterocycles. The maximum atomic E-state index is 13.8. The van der Waals surface area contributed by atoms with Gasteiger partial charge in [0.05, 0.1) is 32.0 Å². The third kappa shape index (κ3) is 4.30. The van der Waals surface area contributed by atoms with E-state index in [1.165, 1.54) is 6.07 Å². The summed E-state index contributed by atoms with van der Waals surface area (Å²) in [5.74, 6) is -6.81. The van der Waals surface area contributed by atoms with Gasteiger partial charge in [-0.05, 0) is 60.1 Å². The molecule has 6 rings (SSSR count). The summed E-state index contributed by atoms with van der Waals surface area (Å²) in [6.45, 7) is 3.68. The highest BCUT2D eigenvalue weighted by molar-refractivity contribution is 6.24. The molecule has 42 heavy (non-hydrogen) atoms. The zero-order valence-electron chi connectivity index (χ0n) is 23.2. The first-order valence-electron chi connectivity index (χ1n) is 14.1. The molecule has 1 saturated heterocycles. The van der Waals surface area contributed by atoms with Gasteiger partial charge in [-0.1, -0.05) is 12.1 Å². The van der Waals surface area contributed by atoms with Crippen LogP contribution in [0.5, 0.6) is 11.5 Å². The maximum absolute atomic E-state index is 13.8. The van der Waals surface area contributed by atoms with Crippen molar-refractivity contribution in [3.8, 4) is 22.6 Å². The van der Waals surface area contributed by atoms with Crippen molar-refractivity contribution < 1.29 is 44.3 Å². The van der Waals surface area contributed by atoms with Gasteiger partial charge in [-0.3, -0.25) is 19.3 Å². The highest BCUT2D eigenvalue weighted by atomic mass is 16.5. The molecule has 2 aromatic rings. The van der Waals surface area contributed by atoms with E-state index in [-0.39, 0.29) is 36.1 Å². The van der Waals surface area contributed by atoms with Crippen LogP contribution in [-0.2, 0) is 32.1 Å². The molecular weight excluding hydrogens is 544 g/mol. The second-order valence-electron chi connectivity index (χ2n) is 11.6. The molecule has 3 aliphatic carbocycles. The number of aliphatic hydroxyl groups excluding tert-OH is 2. The van der Waals surface area contributed by atoms with Crippen LogP contribution in [-0.4, -0.2) is 87.9 Å². The van der Waals surface area contributed by atoms with E-state index in [0.717, 1.165) is 24.2 Å². The standard InChI is InChI=1S/C31H34N2O9/c1-41-23-5-2-15(14-33-6-8-42-9-7-33)10-19(23)18-3-4-21(34)25-20(18)12-16-11-17-13-22(35)26(30(32)39)29(38)31(17,40)28(37)24(16)27(25)36/h2-5,10,16-17,22,26,34-36,40H,6-9,11-14H2,1H3,(H2,32,39)/t16-,17+,22?,26?,31+/m1/s1. The number of aliphatic hydroxyl groups is 3. The van der Waals surface area contributed by atoms with E-state index in [9.17, 15) is 34.8 Å². The number of aromatic hydroxyl groups is 1. The fraction of sp³-hybridized carbons (Fsp3) is 0.452. The lowest BCUT2D eigenvalue weighted by atomic mass is 9.56. The Kier molecular flexibility index (Phi) is 7.09. The van der Waals surface area contributed by atoms with E-state index in [1.54, 1.807) is 13.2 Å². The fourth-order valence-corrected chi connectivity index (χ4v) is 7.26. The van der Waals surface area contributed by atoms with Crippen LogP contribution >= 0.6 is 0 Å². The number of hydrogen-bond acceptors (Lipinski definition) is 10. The quantitative estimate of drug-likeness (QED) is 0.323. The van der Waals surface area contributed by atoms with Crippen molar-refractivity contribution in [2.24, 2.45) is 23.5 Å². The van der Waals surface area contributed by atoms with Gasteiger partial charge in [0.2, 0.25) is 11.7 Å². The SMILES string of the molecule is COc1ccc(CN2CCOCC2)cc1-c1ccc(O)c2c1C[C@H]1C[C@H]3CC(O)C(C(N)=O)C(=O)[C@@]3(O)C(=O)C1=C2O. The lowest BCUT2D eigenvalue weighted by molar-refractivity contribution is -0.174. The van der Waals surface area contributed by atoms with Crippen LogP contribution in [0.1, 0.15) is 29.5 Å². The number of fused-ring (bicyclic) bond motifs is 3. The Balaban J connectivity index is 1.44. The molecule has 1 amide bonds. The van der Waals surface area contributed by atoms with E-state index < -0.39 is 52.7 Å². The topological polar surface area (TPSA) is 180 Å². The molecule has 0 bridgehead atoms. The highest BCUT2D eigenvalue weighted by Crippen LogP contribution is 2.53. The predicted molar refractivity (Wildman–Crippen MR) is 149 cm³/mol. The molecule has 0 spiro atoms. The van der Waals surface area contributed by atoms with Gasteiger partial charge in [0.15, 0.2) is 11.4 Å². The smallest absolute Gasteiger partial charge is 0.230 e. The summed E-state index contributed by atoms with van der Waals surface area (Å²) < 4.78 is 11.2. The van der Waals surface area contributed by atoms with Crippen LogP contribution in [0.25, 0.3) is 16.9 Å². The highest BCUT2D eigenvalue weighted by Gasteiger charge is 2.64. The largest absolute Gasteiger partial charge is 0.507 e. The first-order chi connectivity index (χ1) is 20.1. The Hall–Kier alpha value is -3.77. The van der Waals surface area contributed by atoms with Gasteiger partial charge in [0, 0.05) is 36.7 Å². The van der Waals surface area contributed by atoms with E-state index in [2.05, 4.69) is 4.90 Å². The van der Waals surface area contributed by atoms with Crippen LogP contribution in [0, 0.1) is 17.8 Å². The molecule has 11 heteroatoms. The zero-order valence-corrected chi connectivity index (χ0v) is 23.2. The Bertz CT molecular complexity index is 1510. The third-order valence-electron chi connectivity index (χ3n) is 9.33. The third-order valence-corrected chi connectivity index (χ3v) is 9.33. The van der Waals surface area contributed by atoms with E-state index in [4.69, 9.17) is 15.2 Å². The van der Waals surface area contributed by atoms with Gasteiger partial charge in [0.25, 0.3) is 0 Å². The van der Waals surface area contributed by atoms with E-state index >= 15 is 0 Å². The van der Waals surface area contributed by atoms with Gasteiger partial charge in [-0.2, -0.15) is 0 Å². The van der Waals surface area contributed by atoms with Crippen molar-refractivity contribution >= 4 is 23.2 Å². The summed E-state index contributed by atoms with van der Waals surface area (Å²) in [6.07, 6.45) is -1.29. The number of phenolic OH excluding ortho intramolecular Hbond substituents is 1. The molecular formula is C31H34N2O9. The maximum Gasteiger partial charge on any atom is 0.230 e. The molecule has 3 fully saturated rings. The van der Waals surface area contributed by atoms with Gasteiger partial charge in [-0.25, -0.2) is 0 Å². The molecule has 2 unspecified atom stereocenters. The molecule has 2 aromatic carbocycles. The monoisotopic (exact) mass is 578 g/mol. The number of phenols is 1. The van der Waals surface area contributed by atoms with Crippen LogP contribution in [0.3, 0.4) is 0 Å². The lowest BCUT2D eigenvalue weighted by Gasteiger charge is -2.48. The Morgan fingerprint density at radius 1 is 1.12 bits per heavy atom. The van der Waals surface area contributed by atoms with Crippen molar-refractivity contribution in [2.45, 2.75) is 37.5 Å². The number of rotatable bonds is 5. The van der Waals surface area contributed by atoms with E-state index in [0.29, 0.717) is 36.6 Å². The number of nitrogens with zero attached hydrogens (tertiary/aromatic N) is 1. The lowest BCUT2D eigenvalue weighted by Crippen LogP contribution is -2.66. The number of morpholine rings is 1. The molecule has 6 N–H and O–H groups in total. The average molecular weight is 579 g/mol. The number of Topliss-reactive ketones (excluding diaryl/α,β-unsaturated/α-hetero) is 2. The number of methoxy groups -OCH3 is 1. The number of ketones is 2. The van der Waals surface area contributed by atoms with Gasteiger partial charge in [0.1, 0.15) is 23.2 Å². The summed E-state index contributed by atoms with van der Waals surface area (Å²) in [5, 5.41) is 44.3. The summed E-state index contributed by atoms with van der Waals surface area (Å²) in [6, 6.07) is 9.06. The van der Waals surface area contributed by atoms with Gasteiger partial charge >= 0.3 is 0 Å². The van der Waals surface area contributed by atoms with Crippen molar-refractivity contribution in [1.29, 1.82) is 0 Å². The molecule has 4 aliphatic rings. The number of benzene rings is 2. The molecule has 0 radical (unpaired) electrons. The molecule has 1 heterocycles. The van der Waals surface area contributed by atoms with Crippen LogP contribution in [0.4, 0.5) is 0 Å². The minimum Gasteiger partial charge on any atom is -0.507 e. The predicted octanol–water partition coefficient (Wildman–Crippen LogP) is 1.10. The van der Waals surface area contributed by atoms with Crippen molar-refractivity contribution in [2.75, 3.05) is 33.4 Å². The van der Waals surface area contributed by atoms with Crippen molar-refractivity contribution in [3.63, 3.8) is 0 Å². The van der Waals surface area contributed by atoms with Gasteiger partial charge < -0.3 is 35.6 Å². The minimum absolute atomic E-state index is 0.0459. The molecule has 222 valence electrons. The summed E-state index contributed by atoms with van der Waals surface area (Å²) in [5.41, 5.74) is 5.68. The Morgan fingerprint density at radius 3 is 2.55 bits per heavy atom. The first-order valence-corrected chi connectivity index (χ1v) is 14.1. The first kappa shape index (κ1) is 28.4. The Morgan fingerprint density at radius 2 is 1.86 bits per heavy atom. The average Bonchev–Trinajstić information content (AvgIpc) is 2.95. The van der Waals surface area contributed by atoms with E-state index in [1.807, 2.05) is 18.2 Å². The van der Waals surface area contributed by atoms with Crippen molar-refractivity contribution in [3.05, 3.63) is 52.6 Å². The second-order valence-corrected chi connectivity index (χ2v) is 11.6. The zero-order chi connectivity index (χ0) is 29.9. The number of carbonyl (C=O) groups is 3. The van der Waals surface area contributed by atoms with Crippen molar-refractivity contribution in [1.82, 2.24) is 4.90 Å². The number of hydrogen-bond donors (Lipinski definition) is 5. The fourth-order valence-electron chi connectivity index (χ4n) is 7.26. The molecule has 0 aromatic heterocycles. The van der Waals surface area contributed by atoms with Crippen LogP contribution in [0.2, 0.25) is 0 Å². The van der Waals surface area contributed by atoms with Gasteiger partial charge in [-0.15, -0.1) is 0 Å². The minimum atomic E-state index is -2.61.